The van der Waals surface area contributed by atoms with Crippen molar-refractivity contribution in [1.82, 2.24) is 10.2 Å². The molecule has 0 unspecified atom stereocenters. The number of alkyl halides is 3. The van der Waals surface area contributed by atoms with Gasteiger partial charge >= 0.3 is 12.1 Å². The zero-order valence-electron chi connectivity index (χ0n) is 27.0. The van der Waals surface area contributed by atoms with Gasteiger partial charge in [0.1, 0.15) is 11.8 Å². The number of carboxylic acids is 1. The molecule has 45 heavy (non-hydrogen) atoms. The molecule has 3 heterocycles. The minimum absolute atomic E-state index is 0.135. The molecular weight excluding hydrogens is 585 g/mol. The molecule has 3 saturated heterocycles. The van der Waals surface area contributed by atoms with Crippen LogP contribution in [-0.4, -0.2) is 59.5 Å². The molecule has 0 saturated carbocycles. The number of fused-ring (bicyclic) bond motifs is 2. The summed E-state index contributed by atoms with van der Waals surface area (Å²) in [5, 5.41) is 14.3. The Morgan fingerprint density at radius 3 is 2.18 bits per heavy atom. The predicted octanol–water partition coefficient (Wildman–Crippen LogP) is 6.51. The van der Waals surface area contributed by atoms with Crippen molar-refractivity contribution in [2.24, 2.45) is 23.2 Å². The van der Waals surface area contributed by atoms with Gasteiger partial charge in [0.15, 0.2) is 0 Å². The van der Waals surface area contributed by atoms with E-state index in [4.69, 9.17) is 9.47 Å². The maximum atomic E-state index is 14.6. The van der Waals surface area contributed by atoms with Gasteiger partial charge in [-0.2, -0.15) is 13.2 Å². The van der Waals surface area contributed by atoms with Crippen LogP contribution in [-0.2, 0) is 26.3 Å². The van der Waals surface area contributed by atoms with Crippen molar-refractivity contribution < 1.29 is 37.3 Å². The summed E-state index contributed by atoms with van der Waals surface area (Å²) in [6.45, 7) is 12.4. The van der Waals surface area contributed by atoms with Crippen molar-refractivity contribution in [3.63, 3.8) is 0 Å². The van der Waals surface area contributed by atoms with Crippen LogP contribution >= 0.6 is 0 Å². The molecule has 3 aliphatic rings. The van der Waals surface area contributed by atoms with Gasteiger partial charge < -0.3 is 24.8 Å². The first-order valence-corrected chi connectivity index (χ1v) is 15.7. The Bertz CT molecular complexity index is 1400. The minimum atomic E-state index is -4.66. The van der Waals surface area contributed by atoms with Crippen LogP contribution in [0.2, 0.25) is 0 Å². The fraction of sp³-hybridized carbons (Fsp3) is 0.600. The van der Waals surface area contributed by atoms with E-state index < -0.39 is 71.6 Å². The number of rotatable bonds is 7. The summed E-state index contributed by atoms with van der Waals surface area (Å²) >= 11 is 0. The van der Waals surface area contributed by atoms with Crippen LogP contribution < -0.4 is 10.1 Å². The monoisotopic (exact) mass is 630 g/mol. The lowest BCUT2D eigenvalue weighted by atomic mass is 9.72. The van der Waals surface area contributed by atoms with E-state index in [0.29, 0.717) is 24.3 Å². The van der Waals surface area contributed by atoms with E-state index in [1.54, 1.807) is 19.2 Å². The molecule has 0 aliphatic carbocycles. The zero-order valence-corrected chi connectivity index (χ0v) is 27.0. The second-order valence-corrected chi connectivity index (χ2v) is 14.8. The van der Waals surface area contributed by atoms with E-state index >= 15 is 0 Å². The highest BCUT2D eigenvalue weighted by Crippen LogP contribution is 2.54. The third kappa shape index (κ3) is 6.20. The van der Waals surface area contributed by atoms with Gasteiger partial charge in [0.05, 0.1) is 37.2 Å². The smallest absolute Gasteiger partial charge is 0.395 e. The van der Waals surface area contributed by atoms with E-state index in [1.807, 2.05) is 51.1 Å². The molecule has 2 N–H and O–H groups in total. The number of carboxylic acid groups (broad SMARTS) is 1. The number of methoxy groups -OCH3 is 1. The maximum Gasteiger partial charge on any atom is 0.395 e. The highest BCUT2D eigenvalue weighted by Gasteiger charge is 2.66. The molecule has 1 amide bonds. The number of hydrogen-bond acceptors (Lipinski definition) is 5. The SMILES string of the molecule is COc1ccc(C(C)(C)C)cc1CN[C@H]1[C@H](C(C)(C)C)[C@@H](C(=O)O)N(C(=O)[C@H]2[C@H](C(F)(F)F)[C@H]3CC[C@@H]2O3)[C@H]1c1ccccc1. The number of aliphatic carboxylic acids is 1. The molecule has 5 rings (SSSR count). The number of halogens is 3. The molecule has 0 aromatic heterocycles. The Labute approximate surface area is 263 Å². The average molecular weight is 631 g/mol. The van der Waals surface area contributed by atoms with E-state index in [9.17, 15) is 27.9 Å². The van der Waals surface area contributed by atoms with E-state index in [0.717, 1.165) is 11.1 Å². The summed E-state index contributed by atoms with van der Waals surface area (Å²) in [6, 6.07) is 12.2. The van der Waals surface area contributed by atoms with Gasteiger partial charge in [-0.1, -0.05) is 84.0 Å². The number of ether oxygens (including phenoxy) is 2. The Balaban J connectivity index is 1.62. The van der Waals surface area contributed by atoms with Gasteiger partial charge in [-0.3, -0.25) is 4.79 Å². The summed E-state index contributed by atoms with van der Waals surface area (Å²) in [5.41, 5.74) is 1.83. The molecule has 3 aliphatic heterocycles. The summed E-state index contributed by atoms with van der Waals surface area (Å²) in [7, 11) is 1.59. The average Bonchev–Trinajstić information content (AvgIpc) is 3.67. The molecule has 7 nitrogen and oxygen atoms in total. The van der Waals surface area contributed by atoms with E-state index in [-0.39, 0.29) is 11.8 Å². The van der Waals surface area contributed by atoms with Gasteiger partial charge in [0.2, 0.25) is 5.91 Å². The third-order valence-corrected chi connectivity index (χ3v) is 9.93. The van der Waals surface area contributed by atoms with Gasteiger partial charge in [-0.05, 0) is 40.9 Å². The van der Waals surface area contributed by atoms with Gasteiger partial charge in [0, 0.05) is 24.1 Å². The molecule has 2 bridgehead atoms. The lowest BCUT2D eigenvalue weighted by molar-refractivity contribution is -0.200. The molecule has 2 aromatic carbocycles. The fourth-order valence-electron chi connectivity index (χ4n) is 7.92. The summed E-state index contributed by atoms with van der Waals surface area (Å²) in [4.78, 5) is 29.0. The fourth-order valence-corrected chi connectivity index (χ4v) is 7.92. The highest BCUT2D eigenvalue weighted by molar-refractivity contribution is 5.88. The van der Waals surface area contributed by atoms with Crippen LogP contribution in [0.1, 0.15) is 77.1 Å². The van der Waals surface area contributed by atoms with Gasteiger partial charge in [-0.25, -0.2) is 4.79 Å². The first kappa shape index (κ1) is 33.3. The first-order chi connectivity index (χ1) is 20.9. The molecule has 246 valence electrons. The normalized spacial score (nSPS) is 30.1. The number of hydrogen-bond donors (Lipinski definition) is 2. The highest BCUT2D eigenvalue weighted by atomic mass is 19.4. The van der Waals surface area contributed by atoms with Crippen LogP contribution in [0.15, 0.2) is 48.5 Å². The standard InChI is InChI=1S/C35H45F3N2O5/c1-33(2,3)21-13-14-22(44-7)20(17-21)18-39-28-27(34(4,5)6)30(32(42)43)40(29(28)19-11-9-8-10-12-19)31(41)25-23-15-16-24(45-23)26(25)35(36,37)38/h8-14,17,23-30,39H,15-16,18H2,1-7H3,(H,42,43)/t23-,24+,25+,26+,27-,28-,29-,30-/m0/s1. The van der Waals surface area contributed by atoms with Crippen LogP contribution in [0, 0.1) is 23.2 Å². The van der Waals surface area contributed by atoms with Crippen LogP contribution in [0.25, 0.3) is 0 Å². The quantitative estimate of drug-likeness (QED) is 0.363. The molecule has 0 radical (unpaired) electrons. The Hall–Kier alpha value is -3.11. The lowest BCUT2D eigenvalue weighted by Gasteiger charge is -2.37. The number of carbonyl (C=O) groups excluding carboxylic acids is 1. The third-order valence-electron chi connectivity index (χ3n) is 9.93. The van der Waals surface area contributed by atoms with Crippen LogP contribution in [0.4, 0.5) is 13.2 Å². The molecule has 8 atom stereocenters. The van der Waals surface area contributed by atoms with Crippen molar-refractivity contribution in [1.29, 1.82) is 0 Å². The van der Waals surface area contributed by atoms with Crippen molar-refractivity contribution in [3.8, 4) is 5.75 Å². The maximum absolute atomic E-state index is 14.6. The molecule has 10 heteroatoms. The molecule has 3 fully saturated rings. The van der Waals surface area contributed by atoms with Gasteiger partial charge in [-0.15, -0.1) is 0 Å². The Morgan fingerprint density at radius 2 is 1.62 bits per heavy atom. The number of likely N-dealkylation sites (tertiary alicyclic amines) is 1. The molecule has 0 spiro atoms. The zero-order chi connectivity index (χ0) is 33.1. The van der Waals surface area contributed by atoms with Crippen molar-refractivity contribution in [3.05, 3.63) is 65.2 Å². The van der Waals surface area contributed by atoms with E-state index in [2.05, 4.69) is 32.2 Å². The van der Waals surface area contributed by atoms with Crippen LogP contribution in [0.3, 0.4) is 0 Å². The van der Waals surface area contributed by atoms with Gasteiger partial charge in [0.25, 0.3) is 0 Å². The predicted molar refractivity (Wildman–Crippen MR) is 164 cm³/mol. The first-order valence-electron chi connectivity index (χ1n) is 15.7. The number of nitrogens with zero attached hydrogens (tertiary/aromatic N) is 1. The number of benzene rings is 2. The second-order valence-electron chi connectivity index (χ2n) is 14.8. The Morgan fingerprint density at radius 1 is 0.978 bits per heavy atom. The topological polar surface area (TPSA) is 88.1 Å². The number of nitrogens with one attached hydrogen (secondary N) is 1. The molecule has 2 aromatic rings. The number of carbonyl (C=O) groups is 2. The Kier molecular flexibility index (Phi) is 8.81. The van der Waals surface area contributed by atoms with Crippen molar-refractivity contribution >= 4 is 11.9 Å². The summed E-state index contributed by atoms with van der Waals surface area (Å²) < 4.78 is 54.7. The molecular formula is C35H45F3N2O5. The van der Waals surface area contributed by atoms with Crippen LogP contribution in [0.5, 0.6) is 5.75 Å². The summed E-state index contributed by atoms with van der Waals surface area (Å²) in [5.74, 6) is -5.51. The van der Waals surface area contributed by atoms with E-state index in [1.165, 1.54) is 4.90 Å². The minimum Gasteiger partial charge on any atom is -0.496 e. The second kappa shape index (κ2) is 11.9. The largest absolute Gasteiger partial charge is 0.496 e. The number of amides is 1. The van der Waals surface area contributed by atoms with Crippen molar-refractivity contribution in [2.45, 2.75) is 103 Å². The van der Waals surface area contributed by atoms with Crippen molar-refractivity contribution in [2.75, 3.05) is 7.11 Å². The summed E-state index contributed by atoms with van der Waals surface area (Å²) in [6.07, 6.45) is -6.09. The lowest BCUT2D eigenvalue weighted by Crippen LogP contribution is -2.53.